The third kappa shape index (κ3) is 3.14. The molecule has 0 bridgehead atoms. The van der Waals surface area contributed by atoms with Gasteiger partial charge in [0.05, 0.1) is 36.8 Å². The van der Waals surface area contributed by atoms with E-state index in [2.05, 4.69) is 29.4 Å². The van der Waals surface area contributed by atoms with Crippen LogP contribution >= 0.6 is 11.5 Å². The molecule has 1 N–H and O–H groups in total. The maximum Gasteiger partial charge on any atom is 0.126 e. The Morgan fingerprint density at radius 3 is 3.22 bits per heavy atom. The summed E-state index contributed by atoms with van der Waals surface area (Å²) in [7, 11) is 0. The minimum absolute atomic E-state index is 0.0934. The van der Waals surface area contributed by atoms with Gasteiger partial charge < -0.3 is 9.72 Å². The summed E-state index contributed by atoms with van der Waals surface area (Å²) in [5.41, 5.74) is 2.98. The van der Waals surface area contributed by atoms with Crippen LogP contribution in [0.15, 0.2) is 36.1 Å². The minimum Gasteiger partial charge on any atom is -0.378 e. The molecule has 0 aromatic carbocycles. The number of H-pyrrole nitrogens is 1. The molecule has 0 aliphatic carbocycles. The summed E-state index contributed by atoms with van der Waals surface area (Å²) in [4.78, 5) is 14.4. The van der Waals surface area contributed by atoms with Crippen LogP contribution in [-0.4, -0.2) is 49.2 Å². The Morgan fingerprint density at radius 2 is 2.39 bits per heavy atom. The van der Waals surface area contributed by atoms with Gasteiger partial charge in [-0.3, -0.25) is 9.88 Å². The highest BCUT2D eigenvalue weighted by Crippen LogP contribution is 2.26. The van der Waals surface area contributed by atoms with E-state index in [1.54, 1.807) is 6.20 Å². The van der Waals surface area contributed by atoms with E-state index in [-0.39, 0.29) is 6.04 Å². The lowest BCUT2D eigenvalue weighted by atomic mass is 10.2. The van der Waals surface area contributed by atoms with Crippen molar-refractivity contribution in [3.8, 4) is 11.3 Å². The van der Waals surface area contributed by atoms with Crippen molar-refractivity contribution in [1.82, 2.24) is 29.4 Å². The Bertz CT molecular complexity index is 744. The van der Waals surface area contributed by atoms with Crippen molar-refractivity contribution in [1.29, 1.82) is 0 Å². The summed E-state index contributed by atoms with van der Waals surface area (Å²) in [6.07, 6.45) is 5.44. The van der Waals surface area contributed by atoms with Gasteiger partial charge in [-0.25, -0.2) is 4.98 Å². The minimum atomic E-state index is 0.0934. The predicted octanol–water partition coefficient (Wildman–Crippen LogP) is 1.90. The summed E-state index contributed by atoms with van der Waals surface area (Å²) < 4.78 is 9.59. The summed E-state index contributed by atoms with van der Waals surface area (Å²) in [5.74, 6) is 0.909. The van der Waals surface area contributed by atoms with Gasteiger partial charge in [-0.1, -0.05) is 4.49 Å². The van der Waals surface area contributed by atoms with Gasteiger partial charge in [-0.05, 0) is 23.7 Å². The van der Waals surface area contributed by atoms with E-state index in [9.17, 15) is 0 Å². The Morgan fingerprint density at radius 1 is 1.39 bits per heavy atom. The number of imidazole rings is 1. The number of nitrogens with zero attached hydrogens (tertiary/aromatic N) is 5. The Balaban J connectivity index is 1.56. The maximum atomic E-state index is 5.65. The second-order valence-corrected chi connectivity index (χ2v) is 5.99. The highest BCUT2D eigenvalue weighted by atomic mass is 32.1. The monoisotopic (exact) mass is 328 g/mol. The topological polar surface area (TPSA) is 79.8 Å². The summed E-state index contributed by atoms with van der Waals surface area (Å²) >= 11 is 1.38. The van der Waals surface area contributed by atoms with E-state index in [0.717, 1.165) is 42.5 Å². The maximum absolute atomic E-state index is 5.65. The lowest BCUT2D eigenvalue weighted by Crippen LogP contribution is -2.39. The van der Waals surface area contributed by atoms with E-state index in [1.165, 1.54) is 11.5 Å². The second kappa shape index (κ2) is 6.53. The van der Waals surface area contributed by atoms with Crippen molar-refractivity contribution in [2.45, 2.75) is 12.6 Å². The Kier molecular flexibility index (Phi) is 4.10. The molecule has 1 saturated heterocycles. The fourth-order valence-corrected chi connectivity index (χ4v) is 3.16. The van der Waals surface area contributed by atoms with E-state index in [1.807, 2.05) is 29.9 Å². The van der Waals surface area contributed by atoms with Crippen LogP contribution in [0.4, 0.5) is 0 Å². The van der Waals surface area contributed by atoms with Crippen molar-refractivity contribution in [2.75, 3.05) is 19.8 Å². The zero-order chi connectivity index (χ0) is 15.5. The van der Waals surface area contributed by atoms with Crippen molar-refractivity contribution in [2.24, 2.45) is 0 Å². The first-order valence-electron chi connectivity index (χ1n) is 7.43. The van der Waals surface area contributed by atoms with Crippen LogP contribution in [0.2, 0.25) is 0 Å². The van der Waals surface area contributed by atoms with Crippen LogP contribution in [0.5, 0.6) is 0 Å². The van der Waals surface area contributed by atoms with E-state index < -0.39 is 0 Å². The average Bonchev–Trinajstić information content (AvgIpc) is 3.28. The first-order valence-corrected chi connectivity index (χ1v) is 8.27. The molecule has 1 aliphatic rings. The number of morpholine rings is 1. The quantitative estimate of drug-likeness (QED) is 0.788. The van der Waals surface area contributed by atoms with Crippen LogP contribution < -0.4 is 0 Å². The standard InChI is InChI=1S/C15H16N6OS/c1-2-11(6-16-3-1)13-7-17-15(18-13)14-9-22-5-4-21(14)8-12-10-23-20-19-12/h1-3,6-7,10,14H,4-5,8-9H2,(H,17,18). The average molecular weight is 328 g/mol. The first kappa shape index (κ1) is 14.4. The molecular weight excluding hydrogens is 312 g/mol. The largest absolute Gasteiger partial charge is 0.378 e. The molecule has 0 saturated carbocycles. The lowest BCUT2D eigenvalue weighted by molar-refractivity contribution is -0.0161. The number of nitrogens with one attached hydrogen (secondary N) is 1. The fraction of sp³-hybridized carbons (Fsp3) is 0.333. The van der Waals surface area contributed by atoms with Gasteiger partial charge in [0, 0.05) is 36.4 Å². The number of rotatable bonds is 4. The number of aromatic amines is 1. The van der Waals surface area contributed by atoms with Gasteiger partial charge in [0.25, 0.3) is 0 Å². The molecule has 8 heteroatoms. The Hall–Kier alpha value is -2.16. The highest BCUT2D eigenvalue weighted by molar-refractivity contribution is 7.03. The molecule has 0 amide bonds. The lowest BCUT2D eigenvalue weighted by Gasteiger charge is -2.33. The van der Waals surface area contributed by atoms with Crippen molar-refractivity contribution in [3.05, 3.63) is 47.6 Å². The smallest absolute Gasteiger partial charge is 0.126 e. The summed E-state index contributed by atoms with van der Waals surface area (Å²) in [5, 5.41) is 6.12. The first-order chi connectivity index (χ1) is 11.4. The fourth-order valence-electron chi connectivity index (χ4n) is 2.71. The van der Waals surface area contributed by atoms with Gasteiger partial charge in [0.15, 0.2) is 0 Å². The molecule has 1 atom stereocenters. The number of ether oxygens (including phenoxy) is 1. The van der Waals surface area contributed by atoms with Crippen LogP contribution in [-0.2, 0) is 11.3 Å². The number of hydrogen-bond donors (Lipinski definition) is 1. The van der Waals surface area contributed by atoms with Gasteiger partial charge in [0.1, 0.15) is 5.82 Å². The third-order valence-electron chi connectivity index (χ3n) is 3.89. The third-order valence-corrected chi connectivity index (χ3v) is 4.45. The van der Waals surface area contributed by atoms with Gasteiger partial charge in [-0.15, -0.1) is 5.10 Å². The molecule has 0 spiro atoms. The van der Waals surface area contributed by atoms with E-state index in [0.29, 0.717) is 6.61 Å². The predicted molar refractivity (Wildman–Crippen MR) is 85.7 cm³/mol. The molecule has 23 heavy (non-hydrogen) atoms. The number of pyridine rings is 1. The number of hydrogen-bond acceptors (Lipinski definition) is 7. The van der Waals surface area contributed by atoms with Gasteiger partial charge >= 0.3 is 0 Å². The van der Waals surface area contributed by atoms with Crippen LogP contribution in [0.3, 0.4) is 0 Å². The van der Waals surface area contributed by atoms with Gasteiger partial charge in [-0.2, -0.15) is 0 Å². The second-order valence-electron chi connectivity index (χ2n) is 5.38. The molecule has 118 valence electrons. The van der Waals surface area contributed by atoms with Crippen molar-refractivity contribution >= 4 is 11.5 Å². The van der Waals surface area contributed by atoms with Crippen LogP contribution in [0.25, 0.3) is 11.3 Å². The molecular formula is C15H16N6OS. The van der Waals surface area contributed by atoms with E-state index >= 15 is 0 Å². The SMILES string of the molecule is c1cncc(-c2cnc(C3COCCN3Cc3csnn3)[nH]2)c1. The molecule has 3 aromatic heterocycles. The Labute approximate surface area is 137 Å². The molecule has 0 radical (unpaired) electrons. The zero-order valence-electron chi connectivity index (χ0n) is 12.4. The van der Waals surface area contributed by atoms with Crippen LogP contribution in [0, 0.1) is 0 Å². The molecule has 4 heterocycles. The molecule has 4 rings (SSSR count). The van der Waals surface area contributed by atoms with Crippen molar-refractivity contribution < 1.29 is 4.74 Å². The van der Waals surface area contributed by atoms with Crippen LogP contribution in [0.1, 0.15) is 17.6 Å². The number of aromatic nitrogens is 5. The highest BCUT2D eigenvalue weighted by Gasteiger charge is 2.27. The van der Waals surface area contributed by atoms with Crippen molar-refractivity contribution in [3.63, 3.8) is 0 Å². The molecule has 1 unspecified atom stereocenters. The molecule has 7 nitrogen and oxygen atoms in total. The molecule has 1 fully saturated rings. The molecule has 1 aliphatic heterocycles. The zero-order valence-corrected chi connectivity index (χ0v) is 13.2. The molecule has 3 aromatic rings. The van der Waals surface area contributed by atoms with E-state index in [4.69, 9.17) is 4.74 Å². The summed E-state index contributed by atoms with van der Waals surface area (Å²) in [6, 6.07) is 4.03. The van der Waals surface area contributed by atoms with Gasteiger partial charge in [0.2, 0.25) is 0 Å². The summed E-state index contributed by atoms with van der Waals surface area (Å²) in [6.45, 7) is 2.96. The normalized spacial score (nSPS) is 19.0.